The van der Waals surface area contributed by atoms with Gasteiger partial charge < -0.3 is 19.0 Å². The summed E-state index contributed by atoms with van der Waals surface area (Å²) in [6.45, 7) is 9.88. The molecule has 1 atom stereocenters. The molecule has 0 aliphatic carbocycles. The van der Waals surface area contributed by atoms with Gasteiger partial charge in [0.2, 0.25) is 0 Å². The van der Waals surface area contributed by atoms with Crippen molar-refractivity contribution < 1.29 is 13.3 Å². The molecule has 0 saturated carbocycles. The summed E-state index contributed by atoms with van der Waals surface area (Å²) in [5.74, 6) is 0. The third-order valence-electron chi connectivity index (χ3n) is 2.24. The summed E-state index contributed by atoms with van der Waals surface area (Å²) < 4.78 is 17.2. The quantitative estimate of drug-likeness (QED) is 0.603. The van der Waals surface area contributed by atoms with E-state index in [1.165, 1.54) is 0 Å². The van der Waals surface area contributed by atoms with Gasteiger partial charge in [-0.15, -0.1) is 0 Å². The van der Waals surface area contributed by atoms with Gasteiger partial charge in [0.25, 0.3) is 0 Å². The molecule has 98 valence electrons. The van der Waals surface area contributed by atoms with E-state index in [1.54, 1.807) is 0 Å². The molecular formula is C11H27NO3Si. The highest BCUT2D eigenvalue weighted by Crippen LogP contribution is 2.19. The summed E-state index contributed by atoms with van der Waals surface area (Å²) >= 11 is 0. The van der Waals surface area contributed by atoms with E-state index in [0.717, 1.165) is 18.9 Å². The molecule has 0 aromatic heterocycles. The maximum Gasteiger partial charge on any atom is 0.500 e. The lowest BCUT2D eigenvalue weighted by atomic mass is 10.2. The first kappa shape index (κ1) is 16.1. The fraction of sp³-hybridized carbons (Fsp3) is 1.00. The zero-order valence-corrected chi connectivity index (χ0v) is 12.1. The van der Waals surface area contributed by atoms with Crippen LogP contribution in [0.15, 0.2) is 0 Å². The van der Waals surface area contributed by atoms with Gasteiger partial charge in [0.15, 0.2) is 0 Å². The van der Waals surface area contributed by atoms with E-state index in [2.05, 4.69) is 0 Å². The van der Waals surface area contributed by atoms with E-state index < -0.39 is 8.80 Å². The third kappa shape index (κ3) is 6.60. The average molecular weight is 249 g/mol. The summed E-state index contributed by atoms with van der Waals surface area (Å²) in [6, 6.07) is 1.10. The fourth-order valence-corrected chi connectivity index (χ4v) is 4.28. The Morgan fingerprint density at radius 2 is 1.44 bits per heavy atom. The van der Waals surface area contributed by atoms with Crippen molar-refractivity contribution in [1.82, 2.24) is 0 Å². The minimum Gasteiger partial charge on any atom is -0.374 e. The van der Waals surface area contributed by atoms with Gasteiger partial charge in [0.05, 0.1) is 0 Å². The highest BCUT2D eigenvalue weighted by Gasteiger charge is 2.39. The summed E-state index contributed by atoms with van der Waals surface area (Å²) in [5.41, 5.74) is 5.74. The van der Waals surface area contributed by atoms with Gasteiger partial charge >= 0.3 is 8.80 Å². The minimum atomic E-state index is -2.42. The molecule has 0 aromatic carbocycles. The highest BCUT2D eigenvalue weighted by atomic mass is 28.4. The molecule has 5 heteroatoms. The molecule has 2 N–H and O–H groups in total. The lowest BCUT2D eigenvalue weighted by Crippen LogP contribution is -2.46. The van der Waals surface area contributed by atoms with Crippen LogP contribution in [0.4, 0.5) is 0 Å². The minimum absolute atomic E-state index is 0.233. The Morgan fingerprint density at radius 1 is 1.00 bits per heavy atom. The van der Waals surface area contributed by atoms with Gasteiger partial charge in [-0.3, -0.25) is 0 Å². The molecule has 0 saturated heterocycles. The topological polar surface area (TPSA) is 53.7 Å². The van der Waals surface area contributed by atoms with Crippen molar-refractivity contribution in [2.75, 3.05) is 19.8 Å². The van der Waals surface area contributed by atoms with Gasteiger partial charge in [-0.25, -0.2) is 0 Å². The van der Waals surface area contributed by atoms with Gasteiger partial charge in [-0.05, 0) is 40.5 Å². The smallest absolute Gasteiger partial charge is 0.374 e. The van der Waals surface area contributed by atoms with E-state index in [4.69, 9.17) is 19.0 Å². The molecule has 0 amide bonds. The Balaban J connectivity index is 4.23. The second-order valence-electron chi connectivity index (χ2n) is 3.85. The molecule has 1 unspecified atom stereocenters. The first-order chi connectivity index (χ1) is 7.60. The summed E-state index contributed by atoms with van der Waals surface area (Å²) in [4.78, 5) is 0. The Bertz CT molecular complexity index is 150. The molecule has 0 rings (SSSR count). The van der Waals surface area contributed by atoms with Crippen LogP contribution in [0, 0.1) is 0 Å². The Labute approximate surface area is 101 Å². The first-order valence-corrected chi connectivity index (χ1v) is 8.20. The number of hydrogen-bond acceptors (Lipinski definition) is 4. The number of nitrogens with two attached hydrogens (primary N) is 1. The third-order valence-corrected chi connectivity index (χ3v) is 5.39. The van der Waals surface area contributed by atoms with Crippen LogP contribution in [0.3, 0.4) is 0 Å². The zero-order valence-electron chi connectivity index (χ0n) is 11.1. The molecule has 0 aromatic rings. The van der Waals surface area contributed by atoms with Crippen LogP contribution in [0.2, 0.25) is 6.04 Å². The average Bonchev–Trinajstić information content (AvgIpc) is 2.18. The van der Waals surface area contributed by atoms with E-state index in [0.29, 0.717) is 19.8 Å². The van der Waals surface area contributed by atoms with Crippen molar-refractivity contribution in [1.29, 1.82) is 0 Å². The van der Waals surface area contributed by atoms with Gasteiger partial charge in [-0.2, -0.15) is 0 Å². The maximum atomic E-state index is 5.75. The van der Waals surface area contributed by atoms with Crippen molar-refractivity contribution in [3.05, 3.63) is 0 Å². The van der Waals surface area contributed by atoms with Crippen molar-refractivity contribution >= 4 is 8.80 Å². The summed E-state index contributed by atoms with van der Waals surface area (Å²) in [7, 11) is -2.42. The van der Waals surface area contributed by atoms with Crippen LogP contribution in [-0.2, 0) is 13.3 Å². The Morgan fingerprint density at radius 3 is 1.75 bits per heavy atom. The van der Waals surface area contributed by atoms with Crippen molar-refractivity contribution in [3.63, 3.8) is 0 Å². The van der Waals surface area contributed by atoms with E-state index >= 15 is 0 Å². The molecule has 0 fully saturated rings. The van der Waals surface area contributed by atoms with E-state index in [1.807, 2.05) is 27.7 Å². The normalized spacial score (nSPS) is 14.1. The Kier molecular flexibility index (Phi) is 9.16. The molecule has 0 aliphatic heterocycles. The monoisotopic (exact) mass is 249 g/mol. The van der Waals surface area contributed by atoms with E-state index in [-0.39, 0.29) is 6.04 Å². The molecule has 0 aliphatic rings. The van der Waals surface area contributed by atoms with Crippen LogP contribution in [0.5, 0.6) is 0 Å². The van der Waals surface area contributed by atoms with Crippen LogP contribution < -0.4 is 5.73 Å². The van der Waals surface area contributed by atoms with Gasteiger partial charge in [-0.1, -0.05) is 0 Å². The molecule has 4 nitrogen and oxygen atoms in total. The second-order valence-corrected chi connectivity index (χ2v) is 6.58. The van der Waals surface area contributed by atoms with Crippen LogP contribution in [0.1, 0.15) is 40.5 Å². The Hall–Kier alpha value is 0.0569. The molecule has 0 bridgehead atoms. The molecule has 16 heavy (non-hydrogen) atoms. The van der Waals surface area contributed by atoms with Crippen molar-refractivity contribution in [3.8, 4) is 0 Å². The number of hydrogen-bond donors (Lipinski definition) is 1. The fourth-order valence-electron chi connectivity index (χ4n) is 1.64. The summed E-state index contributed by atoms with van der Waals surface area (Å²) in [5, 5.41) is 0. The highest BCUT2D eigenvalue weighted by molar-refractivity contribution is 6.60. The summed E-state index contributed by atoms with van der Waals surface area (Å²) in [6.07, 6.45) is 1.99. The lowest BCUT2D eigenvalue weighted by molar-refractivity contribution is 0.0706. The lowest BCUT2D eigenvalue weighted by Gasteiger charge is -2.28. The van der Waals surface area contributed by atoms with Crippen molar-refractivity contribution in [2.45, 2.75) is 52.6 Å². The first-order valence-electron chi connectivity index (χ1n) is 6.27. The predicted molar refractivity (Wildman–Crippen MR) is 68.3 cm³/mol. The molecule has 0 radical (unpaired) electrons. The SMILES string of the molecule is CCO[Si](CCCC(C)N)(OCC)OCC. The standard InChI is InChI=1S/C11H27NO3Si/c1-5-13-16(14-6-2,15-7-3)10-8-9-11(4)12/h11H,5-10,12H2,1-4H3. The van der Waals surface area contributed by atoms with Crippen LogP contribution >= 0.6 is 0 Å². The van der Waals surface area contributed by atoms with Gasteiger partial charge in [0, 0.05) is 31.9 Å². The van der Waals surface area contributed by atoms with Crippen molar-refractivity contribution in [2.24, 2.45) is 5.73 Å². The van der Waals surface area contributed by atoms with Gasteiger partial charge in [0.1, 0.15) is 0 Å². The second kappa shape index (κ2) is 9.12. The molecular weight excluding hydrogens is 222 g/mol. The largest absolute Gasteiger partial charge is 0.500 e. The maximum absolute atomic E-state index is 5.75. The number of rotatable bonds is 10. The zero-order chi connectivity index (χ0) is 12.4. The van der Waals surface area contributed by atoms with E-state index in [9.17, 15) is 0 Å². The van der Waals surface area contributed by atoms with Crippen LogP contribution in [0.25, 0.3) is 0 Å². The molecule has 0 heterocycles. The van der Waals surface area contributed by atoms with Crippen LogP contribution in [-0.4, -0.2) is 34.7 Å². The predicted octanol–water partition coefficient (Wildman–Crippen LogP) is 2.16. The molecule has 0 spiro atoms.